The number of carbonyl (C=O) groups is 2. The molecule has 1 aromatic heterocycles. The molecule has 0 saturated carbocycles. The minimum atomic E-state index is -4.61. The monoisotopic (exact) mass is 654 g/mol. The summed E-state index contributed by atoms with van der Waals surface area (Å²) in [5.74, 6) is -4.85. The van der Waals surface area contributed by atoms with Crippen molar-refractivity contribution in [3.63, 3.8) is 0 Å². The smallest absolute Gasteiger partial charge is 0.416 e. The second-order valence-corrected chi connectivity index (χ2v) is 12.8. The Kier molecular flexibility index (Phi) is 8.59. The van der Waals surface area contributed by atoms with Gasteiger partial charge in [0.2, 0.25) is 15.9 Å². The van der Waals surface area contributed by atoms with E-state index in [1.807, 2.05) is 0 Å². The Morgan fingerprint density at radius 1 is 1.05 bits per heavy atom. The molecule has 4 aromatic rings. The zero-order valence-electron chi connectivity index (χ0n) is 22.7. The van der Waals surface area contributed by atoms with Gasteiger partial charge in [-0.3, -0.25) is 9.59 Å². The zero-order valence-corrected chi connectivity index (χ0v) is 24.4. The zero-order chi connectivity index (χ0) is 31.8. The highest BCUT2D eigenvalue weighted by molar-refractivity contribution is 7.89. The molecule has 5 rings (SSSR count). The fourth-order valence-electron chi connectivity index (χ4n) is 4.70. The summed E-state index contributed by atoms with van der Waals surface area (Å²) in [7, 11) is -3.06. The van der Waals surface area contributed by atoms with Crippen LogP contribution in [0.2, 0.25) is 0 Å². The summed E-state index contributed by atoms with van der Waals surface area (Å²) in [6.07, 6.45) is -3.86. The minimum absolute atomic E-state index is 0.109. The topological polar surface area (TPSA) is 118 Å². The first kappa shape index (κ1) is 31.3. The molecule has 0 bridgehead atoms. The molecule has 232 valence electrons. The molecular weight excluding hydrogens is 631 g/mol. The number of aromatic nitrogens is 1. The number of anilines is 2. The molecule has 1 fully saturated rings. The van der Waals surface area contributed by atoms with E-state index in [0.29, 0.717) is 35.2 Å². The molecule has 1 aliphatic heterocycles. The number of nitrogens with zero attached hydrogens (tertiary/aromatic N) is 2. The number of rotatable bonds is 7. The molecular formula is C28H23F5N4O5S2. The Morgan fingerprint density at radius 3 is 2.45 bits per heavy atom. The number of alkyl halides is 3. The Morgan fingerprint density at radius 2 is 1.77 bits per heavy atom. The first-order valence-electron chi connectivity index (χ1n) is 13.0. The third kappa shape index (κ3) is 6.37. The van der Waals surface area contributed by atoms with Crippen LogP contribution >= 0.6 is 11.3 Å². The van der Waals surface area contributed by atoms with Crippen LogP contribution in [0.3, 0.4) is 0 Å². The summed E-state index contributed by atoms with van der Waals surface area (Å²) >= 11 is 1.08. The van der Waals surface area contributed by atoms with Gasteiger partial charge in [-0.15, -0.1) is 0 Å². The number of nitrogens with one attached hydrogen (secondary N) is 2. The van der Waals surface area contributed by atoms with Crippen molar-refractivity contribution < 1.29 is 44.7 Å². The summed E-state index contributed by atoms with van der Waals surface area (Å²) in [4.78, 5) is 29.7. The van der Waals surface area contributed by atoms with Gasteiger partial charge in [-0.1, -0.05) is 11.3 Å². The highest BCUT2D eigenvalue weighted by Gasteiger charge is 2.35. The summed E-state index contributed by atoms with van der Waals surface area (Å²) < 4.78 is 99.3. The van der Waals surface area contributed by atoms with Gasteiger partial charge in [0.25, 0.3) is 5.91 Å². The Labute approximate surface area is 251 Å². The van der Waals surface area contributed by atoms with Crippen LogP contribution in [0.1, 0.15) is 28.8 Å². The number of hydrogen-bond donors (Lipinski definition) is 2. The predicted octanol–water partition coefficient (Wildman–Crippen LogP) is 5.89. The molecule has 16 heteroatoms. The van der Waals surface area contributed by atoms with Crippen molar-refractivity contribution in [2.24, 2.45) is 5.92 Å². The highest BCUT2D eigenvalue weighted by Crippen LogP contribution is 2.33. The number of methoxy groups -OCH3 is 1. The van der Waals surface area contributed by atoms with Gasteiger partial charge in [0.05, 0.1) is 39.3 Å². The highest BCUT2D eigenvalue weighted by atomic mass is 32.2. The lowest BCUT2D eigenvalue weighted by Gasteiger charge is -2.31. The Balaban J connectivity index is 1.25. The maximum Gasteiger partial charge on any atom is 0.416 e. The van der Waals surface area contributed by atoms with Crippen molar-refractivity contribution in [1.82, 2.24) is 9.29 Å². The number of carbonyl (C=O) groups excluding carboxylic acids is 2. The largest absolute Gasteiger partial charge is 0.491 e. The fraction of sp³-hybridized carbons (Fsp3) is 0.250. The fourth-order valence-corrected chi connectivity index (χ4v) is 7.13. The maximum absolute atomic E-state index is 14.5. The van der Waals surface area contributed by atoms with Crippen molar-refractivity contribution in [2.75, 3.05) is 30.8 Å². The van der Waals surface area contributed by atoms with Crippen LogP contribution < -0.4 is 15.4 Å². The van der Waals surface area contributed by atoms with E-state index in [0.717, 1.165) is 47.0 Å². The molecule has 1 unspecified atom stereocenters. The van der Waals surface area contributed by atoms with E-state index >= 15 is 0 Å². The molecule has 3 aromatic carbocycles. The Bertz CT molecular complexity index is 1850. The molecule has 44 heavy (non-hydrogen) atoms. The van der Waals surface area contributed by atoms with Crippen LogP contribution in [0, 0.1) is 17.6 Å². The van der Waals surface area contributed by atoms with Crippen LogP contribution in [-0.4, -0.2) is 49.7 Å². The number of benzene rings is 3. The minimum Gasteiger partial charge on any atom is -0.491 e. The average molecular weight is 655 g/mol. The number of sulfonamides is 1. The molecule has 1 saturated heterocycles. The molecule has 9 nitrogen and oxygen atoms in total. The maximum atomic E-state index is 14.5. The van der Waals surface area contributed by atoms with E-state index in [-0.39, 0.29) is 28.8 Å². The quantitative estimate of drug-likeness (QED) is 0.240. The molecule has 2 heterocycles. The van der Waals surface area contributed by atoms with E-state index in [2.05, 4.69) is 20.4 Å². The lowest BCUT2D eigenvalue weighted by atomic mass is 9.99. The normalized spacial score (nSPS) is 16.1. The van der Waals surface area contributed by atoms with Crippen LogP contribution in [0.15, 0.2) is 59.5 Å². The average Bonchev–Trinajstić information content (AvgIpc) is 3.38. The number of piperidine rings is 1. The summed E-state index contributed by atoms with van der Waals surface area (Å²) in [6, 6.07) is 9.72. The summed E-state index contributed by atoms with van der Waals surface area (Å²) in [5.41, 5.74) is -0.640. The van der Waals surface area contributed by atoms with E-state index in [1.165, 1.54) is 6.07 Å². The van der Waals surface area contributed by atoms with Gasteiger partial charge in [-0.25, -0.2) is 22.2 Å². The number of ether oxygens (including phenoxy) is 1. The van der Waals surface area contributed by atoms with Gasteiger partial charge in [0.15, 0.2) is 22.5 Å². The molecule has 1 atom stereocenters. The van der Waals surface area contributed by atoms with Gasteiger partial charge in [0, 0.05) is 18.8 Å². The summed E-state index contributed by atoms with van der Waals surface area (Å²) in [6.45, 7) is -0.0572. The van der Waals surface area contributed by atoms with Gasteiger partial charge in [0.1, 0.15) is 0 Å². The number of amides is 2. The molecule has 0 aliphatic carbocycles. The van der Waals surface area contributed by atoms with E-state index in [1.54, 1.807) is 12.1 Å². The molecule has 1 aliphatic rings. The molecule has 2 amide bonds. The number of thiazole rings is 1. The van der Waals surface area contributed by atoms with Crippen LogP contribution in [0.25, 0.3) is 10.2 Å². The molecule has 0 spiro atoms. The first-order chi connectivity index (χ1) is 20.8. The van der Waals surface area contributed by atoms with Crippen LogP contribution in [0.4, 0.5) is 32.8 Å². The van der Waals surface area contributed by atoms with Crippen molar-refractivity contribution >= 4 is 54.2 Å². The van der Waals surface area contributed by atoms with Crippen molar-refractivity contribution in [1.29, 1.82) is 0 Å². The number of hydrogen-bond acceptors (Lipinski definition) is 7. The standard InChI is InChI=1S/C28H23F5N4O5S2/c1-42-24-20(29)10-9-19(23(24)30)26(39)34-17-6-11-21-22(13-17)43-27(35-21)36-25(38)15-3-2-12-37(14-15)44(40,41)18-7-4-16(5-8-18)28(31,32)33/h4-11,13,15H,2-3,12,14H2,1H3,(H,34,39)(H,35,36,38). The van der Waals surface area contributed by atoms with Gasteiger partial charge < -0.3 is 15.4 Å². The Hall–Kier alpha value is -4.15. The van der Waals surface area contributed by atoms with Crippen LogP contribution in [-0.2, 0) is 21.0 Å². The first-order valence-corrected chi connectivity index (χ1v) is 15.3. The van der Waals surface area contributed by atoms with Gasteiger partial charge in [-0.2, -0.15) is 17.5 Å². The van der Waals surface area contributed by atoms with Gasteiger partial charge in [-0.05, 0) is 67.4 Å². The van der Waals surface area contributed by atoms with E-state index in [4.69, 9.17) is 0 Å². The van der Waals surface area contributed by atoms with Crippen molar-refractivity contribution in [3.05, 3.63) is 77.4 Å². The third-order valence-corrected chi connectivity index (χ3v) is 9.76. The molecule has 0 radical (unpaired) electrons. The SMILES string of the molecule is COc1c(F)ccc(C(=O)Nc2ccc3nc(NC(=O)C4CCCN(S(=O)(=O)c5ccc(C(F)(F)F)cc5)C4)sc3c2)c1F. The van der Waals surface area contributed by atoms with Gasteiger partial charge >= 0.3 is 6.18 Å². The predicted molar refractivity (Wildman–Crippen MR) is 152 cm³/mol. The van der Waals surface area contributed by atoms with E-state index < -0.39 is 62.4 Å². The lowest BCUT2D eigenvalue weighted by molar-refractivity contribution is -0.137. The van der Waals surface area contributed by atoms with Crippen molar-refractivity contribution in [3.8, 4) is 5.75 Å². The third-order valence-electron chi connectivity index (χ3n) is 6.95. The second kappa shape index (κ2) is 12.1. The lowest BCUT2D eigenvalue weighted by Crippen LogP contribution is -2.43. The second-order valence-electron chi connectivity index (χ2n) is 9.81. The summed E-state index contributed by atoms with van der Waals surface area (Å²) in [5, 5.41) is 5.42. The number of fused-ring (bicyclic) bond motifs is 1. The number of halogens is 5. The van der Waals surface area contributed by atoms with E-state index in [9.17, 15) is 40.0 Å². The van der Waals surface area contributed by atoms with Crippen molar-refractivity contribution in [2.45, 2.75) is 23.9 Å². The van der Waals surface area contributed by atoms with Crippen LogP contribution in [0.5, 0.6) is 5.75 Å². The molecule has 2 N–H and O–H groups in total.